The molecule has 0 saturated heterocycles. The van der Waals surface area contributed by atoms with Gasteiger partial charge in [-0.15, -0.1) is 0 Å². The molecule has 1 N–H and O–H groups in total. The van der Waals surface area contributed by atoms with Crippen molar-refractivity contribution in [2.24, 2.45) is 0 Å². The molecule has 0 spiro atoms. The Kier molecular flexibility index (Phi) is 4.46. The third kappa shape index (κ3) is 3.16. The average Bonchev–Trinajstić information content (AvgIpc) is 2.86. The molecule has 0 aliphatic heterocycles. The predicted molar refractivity (Wildman–Crippen MR) is 77.9 cm³/mol. The highest BCUT2D eigenvalue weighted by molar-refractivity contribution is 5.44. The van der Waals surface area contributed by atoms with Crippen molar-refractivity contribution in [3.63, 3.8) is 0 Å². The molecule has 18 heavy (non-hydrogen) atoms. The van der Waals surface area contributed by atoms with Gasteiger partial charge in [0.2, 0.25) is 0 Å². The van der Waals surface area contributed by atoms with Crippen LogP contribution in [-0.4, -0.2) is 4.57 Å². The van der Waals surface area contributed by atoms with Crippen molar-refractivity contribution in [1.82, 2.24) is 4.57 Å². The zero-order valence-corrected chi connectivity index (χ0v) is 11.3. The normalized spacial score (nSPS) is 10.6. The molecule has 1 aromatic heterocycles. The van der Waals surface area contributed by atoms with Crippen molar-refractivity contribution in [3.05, 3.63) is 53.9 Å². The van der Waals surface area contributed by atoms with Crippen LogP contribution in [0.1, 0.15) is 31.5 Å². The summed E-state index contributed by atoms with van der Waals surface area (Å²) in [7, 11) is 0. The zero-order chi connectivity index (χ0) is 12.8. The van der Waals surface area contributed by atoms with E-state index >= 15 is 0 Å². The molecular weight excluding hydrogens is 220 g/mol. The number of rotatable bonds is 6. The van der Waals surface area contributed by atoms with E-state index in [1.54, 1.807) is 0 Å². The molecule has 0 unspecified atom stereocenters. The van der Waals surface area contributed by atoms with Gasteiger partial charge in [0.15, 0.2) is 0 Å². The molecule has 2 aromatic rings. The van der Waals surface area contributed by atoms with Crippen LogP contribution in [0.4, 0.5) is 5.69 Å². The molecule has 2 nitrogen and oxygen atoms in total. The first kappa shape index (κ1) is 12.7. The molecule has 0 aliphatic carbocycles. The Morgan fingerprint density at radius 3 is 2.50 bits per heavy atom. The first-order valence-electron chi connectivity index (χ1n) is 6.80. The van der Waals surface area contributed by atoms with Crippen LogP contribution in [0.15, 0.2) is 42.6 Å². The summed E-state index contributed by atoms with van der Waals surface area (Å²) in [4.78, 5) is 0. The molecule has 0 bridgehead atoms. The van der Waals surface area contributed by atoms with E-state index in [0.29, 0.717) is 0 Å². The zero-order valence-electron chi connectivity index (χ0n) is 11.3. The van der Waals surface area contributed by atoms with E-state index in [2.05, 4.69) is 66.3 Å². The summed E-state index contributed by atoms with van der Waals surface area (Å²) >= 11 is 0. The van der Waals surface area contributed by atoms with Gasteiger partial charge in [-0.2, -0.15) is 0 Å². The largest absolute Gasteiger partial charge is 0.379 e. The summed E-state index contributed by atoms with van der Waals surface area (Å²) in [6.45, 7) is 6.29. The van der Waals surface area contributed by atoms with Gasteiger partial charge >= 0.3 is 0 Å². The molecule has 0 aliphatic rings. The monoisotopic (exact) mass is 242 g/mol. The Hall–Kier alpha value is -1.70. The first-order chi connectivity index (χ1) is 8.83. The second-order valence-corrected chi connectivity index (χ2v) is 4.59. The Labute approximate surface area is 110 Å². The maximum Gasteiger partial charge on any atom is 0.0553 e. The Bertz CT molecular complexity index is 468. The van der Waals surface area contributed by atoms with Crippen molar-refractivity contribution in [3.8, 4) is 0 Å². The third-order valence-electron chi connectivity index (χ3n) is 3.23. The SMILES string of the molecule is CCCc1ccc(NCc2cccn2CC)cc1. The molecular formula is C16H22N2. The minimum Gasteiger partial charge on any atom is -0.379 e. The highest BCUT2D eigenvalue weighted by Gasteiger charge is 1.99. The van der Waals surface area contributed by atoms with E-state index < -0.39 is 0 Å². The third-order valence-corrected chi connectivity index (χ3v) is 3.23. The summed E-state index contributed by atoms with van der Waals surface area (Å²) in [5.74, 6) is 0. The predicted octanol–water partition coefficient (Wildman–Crippen LogP) is 4.07. The van der Waals surface area contributed by atoms with E-state index in [9.17, 15) is 0 Å². The van der Waals surface area contributed by atoms with Crippen LogP contribution in [0.5, 0.6) is 0 Å². The van der Waals surface area contributed by atoms with Gasteiger partial charge in [-0.25, -0.2) is 0 Å². The van der Waals surface area contributed by atoms with E-state index in [1.165, 1.54) is 29.8 Å². The minimum atomic E-state index is 0.883. The van der Waals surface area contributed by atoms with Crippen LogP contribution in [-0.2, 0) is 19.5 Å². The molecule has 0 saturated carbocycles. The van der Waals surface area contributed by atoms with E-state index in [-0.39, 0.29) is 0 Å². The Morgan fingerprint density at radius 1 is 1.06 bits per heavy atom. The van der Waals surface area contributed by atoms with Crippen molar-refractivity contribution in [2.75, 3.05) is 5.32 Å². The summed E-state index contributed by atoms with van der Waals surface area (Å²) in [5.41, 5.74) is 3.94. The van der Waals surface area contributed by atoms with Gasteiger partial charge in [-0.1, -0.05) is 25.5 Å². The van der Waals surface area contributed by atoms with Crippen molar-refractivity contribution >= 4 is 5.69 Å². The molecule has 0 atom stereocenters. The maximum atomic E-state index is 3.47. The number of anilines is 1. The van der Waals surface area contributed by atoms with E-state index in [1.807, 2.05) is 0 Å². The van der Waals surface area contributed by atoms with Crippen LogP contribution in [0.25, 0.3) is 0 Å². The van der Waals surface area contributed by atoms with Gasteiger partial charge in [0.1, 0.15) is 0 Å². The van der Waals surface area contributed by atoms with E-state index in [4.69, 9.17) is 0 Å². The standard InChI is InChI=1S/C16H22N2/c1-3-6-14-8-10-15(11-9-14)17-13-16-7-5-12-18(16)4-2/h5,7-12,17H,3-4,6,13H2,1-2H3. The summed E-state index contributed by atoms with van der Waals surface area (Å²) in [5, 5.41) is 3.47. The molecule has 1 heterocycles. The Morgan fingerprint density at radius 2 is 1.83 bits per heavy atom. The van der Waals surface area contributed by atoms with Gasteiger partial charge in [0, 0.05) is 24.1 Å². The number of aromatic nitrogens is 1. The van der Waals surface area contributed by atoms with Crippen LogP contribution >= 0.6 is 0 Å². The molecule has 1 aromatic carbocycles. The lowest BCUT2D eigenvalue weighted by molar-refractivity contribution is 0.724. The number of hydrogen-bond acceptors (Lipinski definition) is 1. The lowest BCUT2D eigenvalue weighted by Crippen LogP contribution is -2.05. The quantitative estimate of drug-likeness (QED) is 0.808. The fraction of sp³-hybridized carbons (Fsp3) is 0.375. The molecule has 0 fully saturated rings. The van der Waals surface area contributed by atoms with Crippen LogP contribution < -0.4 is 5.32 Å². The van der Waals surface area contributed by atoms with E-state index in [0.717, 1.165) is 13.1 Å². The summed E-state index contributed by atoms with van der Waals surface area (Å²) in [6, 6.07) is 13.0. The van der Waals surface area contributed by atoms with Gasteiger partial charge in [-0.3, -0.25) is 0 Å². The fourth-order valence-corrected chi connectivity index (χ4v) is 2.19. The fourth-order valence-electron chi connectivity index (χ4n) is 2.19. The molecule has 96 valence electrons. The number of nitrogens with zero attached hydrogens (tertiary/aromatic N) is 1. The van der Waals surface area contributed by atoms with Crippen LogP contribution in [0, 0.1) is 0 Å². The molecule has 2 heteroatoms. The number of aryl methyl sites for hydroxylation is 2. The lowest BCUT2D eigenvalue weighted by atomic mass is 10.1. The van der Waals surface area contributed by atoms with Crippen molar-refractivity contribution < 1.29 is 0 Å². The van der Waals surface area contributed by atoms with Crippen molar-refractivity contribution in [1.29, 1.82) is 0 Å². The van der Waals surface area contributed by atoms with Crippen molar-refractivity contribution in [2.45, 2.75) is 39.8 Å². The van der Waals surface area contributed by atoms with Gasteiger partial charge in [0.25, 0.3) is 0 Å². The minimum absolute atomic E-state index is 0.883. The highest BCUT2D eigenvalue weighted by Crippen LogP contribution is 2.12. The van der Waals surface area contributed by atoms with Gasteiger partial charge in [-0.05, 0) is 43.2 Å². The second kappa shape index (κ2) is 6.29. The van der Waals surface area contributed by atoms with Crippen LogP contribution in [0.3, 0.4) is 0 Å². The number of hydrogen-bond donors (Lipinski definition) is 1. The summed E-state index contributed by atoms with van der Waals surface area (Å²) < 4.78 is 2.26. The van der Waals surface area contributed by atoms with Crippen LogP contribution in [0.2, 0.25) is 0 Å². The highest BCUT2D eigenvalue weighted by atomic mass is 15.0. The van der Waals surface area contributed by atoms with Gasteiger partial charge in [0.05, 0.1) is 6.54 Å². The second-order valence-electron chi connectivity index (χ2n) is 4.59. The summed E-state index contributed by atoms with van der Waals surface area (Å²) in [6.07, 6.45) is 4.50. The molecule has 0 amide bonds. The van der Waals surface area contributed by atoms with Gasteiger partial charge < -0.3 is 9.88 Å². The average molecular weight is 242 g/mol. The number of benzene rings is 1. The lowest BCUT2D eigenvalue weighted by Gasteiger charge is -2.09. The maximum absolute atomic E-state index is 3.47. The molecule has 2 rings (SSSR count). The smallest absolute Gasteiger partial charge is 0.0553 e. The Balaban J connectivity index is 1.94. The molecule has 0 radical (unpaired) electrons. The number of nitrogens with one attached hydrogen (secondary N) is 1. The topological polar surface area (TPSA) is 17.0 Å². The first-order valence-corrected chi connectivity index (χ1v) is 6.80.